The Bertz CT molecular complexity index is 733. The third kappa shape index (κ3) is 3.17. The van der Waals surface area contributed by atoms with Gasteiger partial charge in [-0.3, -0.25) is 4.79 Å². The Kier molecular flexibility index (Phi) is 3.79. The Labute approximate surface area is 125 Å². The largest absolute Gasteiger partial charge is 0.419 e. The number of hydrogen-bond donors (Lipinski definition) is 1. The van der Waals surface area contributed by atoms with Gasteiger partial charge in [0.2, 0.25) is 11.8 Å². The molecular formula is C15H13N3O2S. The van der Waals surface area contributed by atoms with Crippen LogP contribution < -0.4 is 5.32 Å². The summed E-state index contributed by atoms with van der Waals surface area (Å²) in [5.74, 6) is 0.700. The van der Waals surface area contributed by atoms with Crippen molar-refractivity contribution in [3.8, 4) is 11.5 Å². The van der Waals surface area contributed by atoms with Gasteiger partial charge in [-0.25, -0.2) is 0 Å². The molecule has 6 heteroatoms. The fourth-order valence-electron chi connectivity index (χ4n) is 1.79. The molecular weight excluding hydrogens is 286 g/mol. The van der Waals surface area contributed by atoms with Crippen molar-refractivity contribution in [2.24, 2.45) is 0 Å². The van der Waals surface area contributed by atoms with E-state index in [-0.39, 0.29) is 12.5 Å². The Morgan fingerprint density at radius 3 is 2.76 bits per heavy atom. The normalized spacial score (nSPS) is 10.5. The van der Waals surface area contributed by atoms with E-state index in [4.69, 9.17) is 4.42 Å². The molecule has 1 N–H and O–H groups in total. The van der Waals surface area contributed by atoms with Gasteiger partial charge in [-0.15, -0.1) is 21.5 Å². The summed E-state index contributed by atoms with van der Waals surface area (Å²) in [6.45, 7) is 2.23. The molecule has 0 atom stereocenters. The molecule has 2 heterocycles. The maximum Gasteiger partial charge on any atom is 0.261 e. The number of aromatic nitrogens is 2. The summed E-state index contributed by atoms with van der Waals surface area (Å²) in [7, 11) is 0. The van der Waals surface area contributed by atoms with E-state index in [1.165, 1.54) is 16.9 Å². The molecule has 1 amide bonds. The summed E-state index contributed by atoms with van der Waals surface area (Å²) < 4.78 is 5.54. The molecule has 0 aliphatic heterocycles. The second-order valence-electron chi connectivity index (χ2n) is 4.53. The van der Waals surface area contributed by atoms with Crippen molar-refractivity contribution in [2.75, 3.05) is 0 Å². The highest BCUT2D eigenvalue weighted by molar-refractivity contribution is 7.12. The molecule has 0 bridgehead atoms. The van der Waals surface area contributed by atoms with Crippen molar-refractivity contribution in [3.05, 3.63) is 58.1 Å². The van der Waals surface area contributed by atoms with Crippen molar-refractivity contribution in [3.63, 3.8) is 0 Å². The lowest BCUT2D eigenvalue weighted by Gasteiger charge is -1.99. The number of carbonyl (C=O) groups is 1. The molecule has 3 rings (SSSR count). The Hall–Kier alpha value is -2.47. The summed E-state index contributed by atoms with van der Waals surface area (Å²) in [6, 6.07) is 11.4. The zero-order valence-corrected chi connectivity index (χ0v) is 12.2. The average molecular weight is 299 g/mol. The minimum atomic E-state index is -0.139. The van der Waals surface area contributed by atoms with E-state index in [0.29, 0.717) is 16.7 Å². The molecule has 0 radical (unpaired) electrons. The Morgan fingerprint density at radius 2 is 2.05 bits per heavy atom. The van der Waals surface area contributed by atoms with E-state index in [0.717, 1.165) is 5.56 Å². The summed E-state index contributed by atoms with van der Waals surface area (Å²) in [4.78, 5) is 12.5. The van der Waals surface area contributed by atoms with Gasteiger partial charge in [0, 0.05) is 5.56 Å². The first-order valence-electron chi connectivity index (χ1n) is 6.43. The number of nitrogens with one attached hydrogen (secondary N) is 1. The van der Waals surface area contributed by atoms with Crippen LogP contribution >= 0.6 is 11.3 Å². The molecule has 21 heavy (non-hydrogen) atoms. The maximum atomic E-state index is 11.8. The lowest BCUT2D eigenvalue weighted by molar-refractivity contribution is 0.0951. The first-order chi connectivity index (χ1) is 10.2. The lowest BCUT2D eigenvalue weighted by atomic mass is 10.1. The molecule has 1 aromatic carbocycles. The lowest BCUT2D eigenvalue weighted by Crippen LogP contribution is -2.21. The monoisotopic (exact) mass is 299 g/mol. The second kappa shape index (κ2) is 5.88. The van der Waals surface area contributed by atoms with Crippen LogP contribution in [0.3, 0.4) is 0 Å². The number of nitrogens with zero attached hydrogens (tertiary/aromatic N) is 2. The number of amides is 1. The van der Waals surface area contributed by atoms with Gasteiger partial charge in [-0.1, -0.05) is 23.8 Å². The van der Waals surface area contributed by atoms with Gasteiger partial charge < -0.3 is 9.73 Å². The summed E-state index contributed by atoms with van der Waals surface area (Å²) >= 11 is 1.39. The molecule has 5 nitrogen and oxygen atoms in total. The standard InChI is InChI=1S/C15H13N3O2S/c1-10-4-6-11(7-5-10)15-18-17-13(20-15)9-16-14(19)12-3-2-8-21-12/h2-8H,9H2,1H3,(H,16,19). The van der Waals surface area contributed by atoms with Crippen LogP contribution in [0.4, 0.5) is 0 Å². The summed E-state index contributed by atoms with van der Waals surface area (Å²) in [6.07, 6.45) is 0. The third-order valence-electron chi connectivity index (χ3n) is 2.91. The Morgan fingerprint density at radius 1 is 1.24 bits per heavy atom. The van der Waals surface area contributed by atoms with Gasteiger partial charge in [0.1, 0.15) is 0 Å². The summed E-state index contributed by atoms with van der Waals surface area (Å²) in [5.41, 5.74) is 2.03. The highest BCUT2D eigenvalue weighted by Gasteiger charge is 2.11. The predicted molar refractivity (Wildman–Crippen MR) is 80.0 cm³/mol. The zero-order valence-electron chi connectivity index (χ0n) is 11.4. The number of hydrogen-bond acceptors (Lipinski definition) is 5. The number of thiophene rings is 1. The van der Waals surface area contributed by atoms with Crippen LogP contribution in [0, 0.1) is 6.92 Å². The molecule has 106 valence electrons. The van der Waals surface area contributed by atoms with Gasteiger partial charge in [0.05, 0.1) is 11.4 Å². The van der Waals surface area contributed by atoms with E-state index >= 15 is 0 Å². The van der Waals surface area contributed by atoms with E-state index in [2.05, 4.69) is 15.5 Å². The molecule has 3 aromatic rings. The predicted octanol–water partition coefficient (Wildman–Crippen LogP) is 3.04. The van der Waals surface area contributed by atoms with Crippen LogP contribution in [0.25, 0.3) is 11.5 Å². The topological polar surface area (TPSA) is 68.0 Å². The summed E-state index contributed by atoms with van der Waals surface area (Å²) in [5, 5.41) is 12.5. The van der Waals surface area contributed by atoms with Crippen molar-refractivity contribution in [2.45, 2.75) is 13.5 Å². The van der Waals surface area contributed by atoms with Crippen molar-refractivity contribution in [1.82, 2.24) is 15.5 Å². The van der Waals surface area contributed by atoms with Gasteiger partial charge in [0.15, 0.2) is 0 Å². The minimum Gasteiger partial charge on any atom is -0.419 e. The second-order valence-corrected chi connectivity index (χ2v) is 5.47. The molecule has 0 spiro atoms. The molecule has 0 saturated carbocycles. The van der Waals surface area contributed by atoms with Crippen molar-refractivity contribution in [1.29, 1.82) is 0 Å². The molecule has 0 aliphatic carbocycles. The van der Waals surface area contributed by atoms with Crippen molar-refractivity contribution >= 4 is 17.2 Å². The molecule has 2 aromatic heterocycles. The van der Waals surface area contributed by atoms with E-state index in [1.807, 2.05) is 42.6 Å². The molecule has 0 saturated heterocycles. The molecule has 0 unspecified atom stereocenters. The van der Waals surface area contributed by atoms with Crippen LogP contribution in [0.15, 0.2) is 46.2 Å². The SMILES string of the molecule is Cc1ccc(-c2nnc(CNC(=O)c3cccs3)o2)cc1. The molecule has 0 aliphatic rings. The van der Waals surface area contributed by atoms with Crippen LogP contribution in [-0.4, -0.2) is 16.1 Å². The van der Waals surface area contributed by atoms with Crippen LogP contribution in [0.1, 0.15) is 21.1 Å². The fraction of sp³-hybridized carbons (Fsp3) is 0.133. The van der Waals surface area contributed by atoms with Gasteiger partial charge in [-0.2, -0.15) is 0 Å². The quantitative estimate of drug-likeness (QED) is 0.804. The minimum absolute atomic E-state index is 0.139. The first kappa shape index (κ1) is 13.5. The number of aryl methyl sites for hydroxylation is 1. The third-order valence-corrected chi connectivity index (χ3v) is 3.78. The van der Waals surface area contributed by atoms with Crippen LogP contribution in [0.5, 0.6) is 0 Å². The Balaban J connectivity index is 1.65. The van der Waals surface area contributed by atoms with Crippen molar-refractivity contribution < 1.29 is 9.21 Å². The van der Waals surface area contributed by atoms with Gasteiger partial charge >= 0.3 is 0 Å². The number of rotatable bonds is 4. The highest BCUT2D eigenvalue weighted by Crippen LogP contribution is 2.18. The zero-order chi connectivity index (χ0) is 14.7. The van der Waals surface area contributed by atoms with E-state index < -0.39 is 0 Å². The van der Waals surface area contributed by atoms with Gasteiger partial charge in [0.25, 0.3) is 5.91 Å². The number of carbonyl (C=O) groups excluding carboxylic acids is 1. The van der Waals surface area contributed by atoms with Crippen LogP contribution in [-0.2, 0) is 6.54 Å². The smallest absolute Gasteiger partial charge is 0.261 e. The van der Waals surface area contributed by atoms with Crippen LogP contribution in [0.2, 0.25) is 0 Å². The maximum absolute atomic E-state index is 11.8. The first-order valence-corrected chi connectivity index (χ1v) is 7.31. The molecule has 0 fully saturated rings. The highest BCUT2D eigenvalue weighted by atomic mass is 32.1. The van der Waals surface area contributed by atoms with E-state index in [1.54, 1.807) is 6.07 Å². The van der Waals surface area contributed by atoms with Gasteiger partial charge in [-0.05, 0) is 30.5 Å². The van der Waals surface area contributed by atoms with E-state index in [9.17, 15) is 4.79 Å². The average Bonchev–Trinajstić information content (AvgIpc) is 3.17. The number of benzene rings is 1. The fourth-order valence-corrected chi connectivity index (χ4v) is 2.43.